The van der Waals surface area contributed by atoms with Gasteiger partial charge in [-0.2, -0.15) is 0 Å². The van der Waals surface area contributed by atoms with E-state index in [4.69, 9.17) is 4.42 Å². The lowest BCUT2D eigenvalue weighted by atomic mass is 10.2. The molecule has 1 rings (SSSR count). The normalized spacial score (nSPS) is 10.2. The van der Waals surface area contributed by atoms with Crippen molar-refractivity contribution in [2.75, 3.05) is 13.6 Å². The van der Waals surface area contributed by atoms with Crippen molar-refractivity contribution in [2.24, 2.45) is 0 Å². The van der Waals surface area contributed by atoms with E-state index >= 15 is 0 Å². The van der Waals surface area contributed by atoms with Crippen LogP contribution in [0.4, 0.5) is 0 Å². The van der Waals surface area contributed by atoms with Crippen LogP contribution in [0.25, 0.3) is 0 Å². The van der Waals surface area contributed by atoms with Gasteiger partial charge >= 0.3 is 0 Å². The second-order valence-corrected chi connectivity index (χ2v) is 2.38. The predicted octanol–water partition coefficient (Wildman–Crippen LogP) is 1.35. The summed E-state index contributed by atoms with van der Waals surface area (Å²) >= 11 is 0. The number of hydrogen-bond acceptors (Lipinski definition) is 2. The highest BCUT2D eigenvalue weighted by Gasteiger charge is 1.98. The molecule has 0 bridgehead atoms. The molecule has 2 heteroatoms. The van der Waals surface area contributed by atoms with Crippen LogP contribution in [0.1, 0.15) is 11.3 Å². The molecule has 0 saturated carbocycles. The molecule has 1 aromatic heterocycles. The maximum Gasteiger partial charge on any atom is 0.107 e. The van der Waals surface area contributed by atoms with Crippen LogP contribution in [0.15, 0.2) is 16.7 Å². The Balaban J connectivity index is 2.49. The second kappa shape index (κ2) is 3.42. The Hall–Kier alpha value is -0.760. The van der Waals surface area contributed by atoms with Gasteiger partial charge in [-0.3, -0.25) is 0 Å². The van der Waals surface area contributed by atoms with E-state index < -0.39 is 0 Å². The topological polar surface area (TPSA) is 25.2 Å². The molecule has 0 radical (unpaired) electrons. The fourth-order valence-electron chi connectivity index (χ4n) is 0.899. The predicted molar refractivity (Wildman–Crippen MR) is 41.1 cm³/mol. The first-order valence-corrected chi connectivity index (χ1v) is 3.52. The van der Waals surface area contributed by atoms with E-state index in [-0.39, 0.29) is 0 Å². The van der Waals surface area contributed by atoms with Gasteiger partial charge in [0, 0.05) is 13.0 Å². The van der Waals surface area contributed by atoms with Crippen molar-refractivity contribution in [1.82, 2.24) is 5.32 Å². The van der Waals surface area contributed by atoms with Gasteiger partial charge in [-0.25, -0.2) is 0 Å². The fourth-order valence-corrected chi connectivity index (χ4v) is 0.899. The van der Waals surface area contributed by atoms with Gasteiger partial charge in [-0.15, -0.1) is 0 Å². The molecular weight excluding hydrogens is 126 g/mol. The van der Waals surface area contributed by atoms with Crippen LogP contribution in [0.5, 0.6) is 0 Å². The molecule has 0 saturated heterocycles. The molecule has 10 heavy (non-hydrogen) atoms. The smallest absolute Gasteiger partial charge is 0.107 e. The van der Waals surface area contributed by atoms with Gasteiger partial charge in [0.1, 0.15) is 5.76 Å². The molecule has 0 fully saturated rings. The van der Waals surface area contributed by atoms with E-state index in [9.17, 15) is 0 Å². The molecule has 1 aromatic rings. The van der Waals surface area contributed by atoms with Crippen molar-refractivity contribution in [1.29, 1.82) is 0 Å². The van der Waals surface area contributed by atoms with Gasteiger partial charge in [0.15, 0.2) is 0 Å². The van der Waals surface area contributed by atoms with E-state index in [2.05, 4.69) is 12.2 Å². The SMILES string of the molecule is CNCCc1occc1C. The van der Waals surface area contributed by atoms with Gasteiger partial charge in [0.2, 0.25) is 0 Å². The number of likely N-dealkylation sites (N-methyl/N-ethyl adjacent to an activating group) is 1. The third kappa shape index (κ3) is 1.61. The molecule has 0 aromatic carbocycles. The largest absolute Gasteiger partial charge is 0.469 e. The lowest BCUT2D eigenvalue weighted by Gasteiger charge is -1.95. The zero-order valence-electron chi connectivity index (χ0n) is 6.48. The maximum atomic E-state index is 5.23. The highest BCUT2D eigenvalue weighted by Crippen LogP contribution is 2.08. The minimum Gasteiger partial charge on any atom is -0.469 e. The standard InChI is InChI=1S/C8H13NO/c1-7-4-6-10-8(7)3-5-9-2/h4,6,9H,3,5H2,1-2H3. The van der Waals surface area contributed by atoms with Crippen molar-refractivity contribution in [3.8, 4) is 0 Å². The van der Waals surface area contributed by atoms with Crippen molar-refractivity contribution in [2.45, 2.75) is 13.3 Å². The van der Waals surface area contributed by atoms with Gasteiger partial charge < -0.3 is 9.73 Å². The first kappa shape index (κ1) is 7.35. The summed E-state index contributed by atoms with van der Waals surface area (Å²) in [5, 5.41) is 3.07. The molecule has 0 aliphatic heterocycles. The Morgan fingerprint density at radius 2 is 2.40 bits per heavy atom. The summed E-state index contributed by atoms with van der Waals surface area (Å²) in [5.41, 5.74) is 1.25. The third-order valence-corrected chi connectivity index (χ3v) is 1.57. The van der Waals surface area contributed by atoms with Gasteiger partial charge in [0.05, 0.1) is 6.26 Å². The number of rotatable bonds is 3. The first-order chi connectivity index (χ1) is 4.84. The lowest BCUT2D eigenvalue weighted by Crippen LogP contribution is -2.10. The summed E-state index contributed by atoms with van der Waals surface area (Å²) in [5.74, 6) is 1.09. The fraction of sp³-hybridized carbons (Fsp3) is 0.500. The van der Waals surface area contributed by atoms with Gasteiger partial charge in [-0.1, -0.05) is 0 Å². The first-order valence-electron chi connectivity index (χ1n) is 3.52. The van der Waals surface area contributed by atoms with Gasteiger partial charge in [-0.05, 0) is 25.6 Å². The Morgan fingerprint density at radius 3 is 2.90 bits per heavy atom. The molecule has 0 atom stereocenters. The zero-order chi connectivity index (χ0) is 7.40. The average Bonchev–Trinajstić information content (AvgIpc) is 2.31. The number of aryl methyl sites for hydroxylation is 1. The van der Waals surface area contributed by atoms with Crippen molar-refractivity contribution >= 4 is 0 Å². The van der Waals surface area contributed by atoms with Gasteiger partial charge in [0.25, 0.3) is 0 Å². The second-order valence-electron chi connectivity index (χ2n) is 2.38. The van der Waals surface area contributed by atoms with Crippen molar-refractivity contribution < 1.29 is 4.42 Å². The molecule has 0 aliphatic carbocycles. The van der Waals surface area contributed by atoms with E-state index in [1.54, 1.807) is 6.26 Å². The van der Waals surface area contributed by atoms with Crippen LogP contribution in [0.3, 0.4) is 0 Å². The molecule has 0 unspecified atom stereocenters. The van der Waals surface area contributed by atoms with E-state index in [1.807, 2.05) is 13.1 Å². The summed E-state index contributed by atoms with van der Waals surface area (Å²) in [6.45, 7) is 3.04. The van der Waals surface area contributed by atoms with E-state index in [0.29, 0.717) is 0 Å². The van der Waals surface area contributed by atoms with Crippen LogP contribution in [-0.4, -0.2) is 13.6 Å². The molecule has 56 valence electrons. The minimum atomic E-state index is 0.981. The molecule has 0 aliphatic rings. The molecule has 2 nitrogen and oxygen atoms in total. The van der Waals surface area contributed by atoms with Crippen LogP contribution in [0, 0.1) is 6.92 Å². The number of nitrogens with one attached hydrogen (secondary N) is 1. The van der Waals surface area contributed by atoms with Crippen LogP contribution in [-0.2, 0) is 6.42 Å². The van der Waals surface area contributed by atoms with Crippen molar-refractivity contribution in [3.05, 3.63) is 23.7 Å². The Morgan fingerprint density at radius 1 is 1.60 bits per heavy atom. The molecule has 0 spiro atoms. The third-order valence-electron chi connectivity index (χ3n) is 1.57. The molecule has 1 N–H and O–H groups in total. The molecular formula is C8H13NO. The molecule has 0 amide bonds. The Kier molecular flexibility index (Phi) is 2.51. The summed E-state index contributed by atoms with van der Waals surface area (Å²) < 4.78 is 5.23. The quantitative estimate of drug-likeness (QED) is 0.683. The summed E-state index contributed by atoms with van der Waals surface area (Å²) in [7, 11) is 1.94. The lowest BCUT2D eigenvalue weighted by molar-refractivity contribution is 0.501. The Labute approximate surface area is 61.2 Å². The zero-order valence-corrected chi connectivity index (χ0v) is 6.48. The maximum absolute atomic E-state index is 5.23. The summed E-state index contributed by atoms with van der Waals surface area (Å²) in [6, 6.07) is 1.99. The van der Waals surface area contributed by atoms with Crippen molar-refractivity contribution in [3.63, 3.8) is 0 Å². The van der Waals surface area contributed by atoms with Crippen LogP contribution in [0.2, 0.25) is 0 Å². The Bertz CT molecular complexity index is 193. The van der Waals surface area contributed by atoms with Crippen LogP contribution >= 0.6 is 0 Å². The number of furan rings is 1. The highest BCUT2D eigenvalue weighted by atomic mass is 16.3. The average molecular weight is 139 g/mol. The van der Waals surface area contributed by atoms with Crippen LogP contribution < -0.4 is 5.32 Å². The minimum absolute atomic E-state index is 0.981. The monoisotopic (exact) mass is 139 g/mol. The molecule has 1 heterocycles. The number of hydrogen-bond donors (Lipinski definition) is 1. The van der Waals surface area contributed by atoms with E-state index in [0.717, 1.165) is 18.7 Å². The highest BCUT2D eigenvalue weighted by molar-refractivity contribution is 5.14. The summed E-state index contributed by atoms with van der Waals surface area (Å²) in [4.78, 5) is 0. The van der Waals surface area contributed by atoms with E-state index in [1.165, 1.54) is 5.56 Å². The summed E-state index contributed by atoms with van der Waals surface area (Å²) in [6.07, 6.45) is 2.72.